The molecule has 1 aliphatic heterocycles. The molecule has 0 amide bonds. The summed E-state index contributed by atoms with van der Waals surface area (Å²) in [7, 11) is 0. The number of hydrogen-bond donors (Lipinski definition) is 0. The van der Waals surface area contributed by atoms with Crippen LogP contribution in [0.4, 0.5) is 5.82 Å². The van der Waals surface area contributed by atoms with Crippen molar-refractivity contribution in [3.05, 3.63) is 66.1 Å². The lowest BCUT2D eigenvalue weighted by Crippen LogP contribution is -2.33. The van der Waals surface area contributed by atoms with Gasteiger partial charge in [-0.15, -0.1) is 0 Å². The zero-order valence-electron chi connectivity index (χ0n) is 21.5. The highest BCUT2D eigenvalue weighted by Gasteiger charge is 2.30. The Kier molecular flexibility index (Phi) is 6.50. The van der Waals surface area contributed by atoms with Gasteiger partial charge in [-0.25, -0.2) is 19.4 Å². The monoisotopic (exact) mass is 506 g/mol. The number of piperidine rings is 1. The number of aromatic nitrogens is 4. The van der Waals surface area contributed by atoms with Gasteiger partial charge in [0.1, 0.15) is 5.82 Å². The van der Waals surface area contributed by atoms with E-state index in [2.05, 4.69) is 17.0 Å². The van der Waals surface area contributed by atoms with Crippen LogP contribution >= 0.6 is 0 Å². The minimum Gasteiger partial charge on any atom is -0.461 e. The summed E-state index contributed by atoms with van der Waals surface area (Å²) in [6.45, 7) is 3.72. The van der Waals surface area contributed by atoms with Gasteiger partial charge in [0.05, 0.1) is 29.4 Å². The van der Waals surface area contributed by atoms with E-state index in [9.17, 15) is 10.1 Å². The second-order valence-corrected chi connectivity index (χ2v) is 10.0. The molecule has 8 nitrogen and oxygen atoms in total. The summed E-state index contributed by atoms with van der Waals surface area (Å²) in [5.74, 6) is 0.944. The summed E-state index contributed by atoms with van der Waals surface area (Å²) in [6, 6.07) is 18.2. The molecule has 2 aliphatic rings. The Bertz CT molecular complexity index is 1490. The number of fused-ring (bicyclic) bond motifs is 1. The molecular formula is C30H30N6O2. The van der Waals surface area contributed by atoms with Crippen LogP contribution in [0.5, 0.6) is 0 Å². The van der Waals surface area contributed by atoms with Gasteiger partial charge in [0.25, 0.3) is 0 Å². The van der Waals surface area contributed by atoms with Crippen LogP contribution in [0.25, 0.3) is 27.8 Å². The maximum atomic E-state index is 12.9. The van der Waals surface area contributed by atoms with Crippen LogP contribution in [0.1, 0.15) is 61.1 Å². The van der Waals surface area contributed by atoms with Crippen molar-refractivity contribution < 1.29 is 9.53 Å². The summed E-state index contributed by atoms with van der Waals surface area (Å²) >= 11 is 0. The molecule has 0 radical (unpaired) electrons. The lowest BCUT2D eigenvalue weighted by atomic mass is 9.81. The van der Waals surface area contributed by atoms with E-state index >= 15 is 0 Å². The predicted octanol–water partition coefficient (Wildman–Crippen LogP) is 5.67. The highest BCUT2D eigenvalue weighted by molar-refractivity contribution is 6.00. The lowest BCUT2D eigenvalue weighted by molar-refractivity contribution is 0.0520. The zero-order valence-corrected chi connectivity index (χ0v) is 21.5. The summed E-state index contributed by atoms with van der Waals surface area (Å²) in [4.78, 5) is 24.7. The number of para-hydroxylation sites is 1. The number of rotatable bonds is 6. The Morgan fingerprint density at radius 3 is 2.53 bits per heavy atom. The van der Waals surface area contributed by atoms with Gasteiger partial charge in [0, 0.05) is 36.7 Å². The normalized spacial score (nSPS) is 16.3. The Labute approximate surface area is 221 Å². The van der Waals surface area contributed by atoms with Crippen LogP contribution in [-0.4, -0.2) is 45.4 Å². The number of benzene rings is 1. The van der Waals surface area contributed by atoms with Gasteiger partial charge in [0.2, 0.25) is 0 Å². The quantitative estimate of drug-likeness (QED) is 0.311. The van der Waals surface area contributed by atoms with E-state index in [-0.39, 0.29) is 18.2 Å². The third-order valence-electron chi connectivity index (χ3n) is 7.70. The lowest BCUT2D eigenvalue weighted by Gasteiger charge is -2.30. The van der Waals surface area contributed by atoms with Crippen LogP contribution in [0, 0.1) is 17.2 Å². The molecule has 8 heteroatoms. The Hall–Kier alpha value is -4.25. The van der Waals surface area contributed by atoms with E-state index in [0.717, 1.165) is 72.5 Å². The topological polar surface area (TPSA) is 96.9 Å². The van der Waals surface area contributed by atoms with E-state index in [4.69, 9.17) is 19.8 Å². The molecule has 4 heterocycles. The molecule has 1 saturated heterocycles. The first-order valence-electron chi connectivity index (χ1n) is 13.4. The van der Waals surface area contributed by atoms with Crippen LogP contribution in [0.3, 0.4) is 0 Å². The number of hydrogen-bond acceptors (Lipinski definition) is 7. The molecule has 2 fully saturated rings. The summed E-state index contributed by atoms with van der Waals surface area (Å²) in [5, 5.41) is 15.3. The second-order valence-electron chi connectivity index (χ2n) is 10.0. The molecule has 0 bridgehead atoms. The van der Waals surface area contributed by atoms with Crippen LogP contribution < -0.4 is 4.90 Å². The molecule has 4 aromatic rings. The summed E-state index contributed by atoms with van der Waals surface area (Å²) < 4.78 is 7.20. The Morgan fingerprint density at radius 1 is 1.11 bits per heavy atom. The Morgan fingerprint density at radius 2 is 1.89 bits per heavy atom. The van der Waals surface area contributed by atoms with Crippen LogP contribution in [0.2, 0.25) is 0 Å². The van der Waals surface area contributed by atoms with E-state index in [1.54, 1.807) is 6.92 Å². The number of ether oxygens (including phenoxy) is 1. The van der Waals surface area contributed by atoms with Crippen molar-refractivity contribution in [2.75, 3.05) is 24.6 Å². The first-order valence-corrected chi connectivity index (χ1v) is 13.4. The van der Waals surface area contributed by atoms with Gasteiger partial charge in [-0.1, -0.05) is 24.6 Å². The van der Waals surface area contributed by atoms with Gasteiger partial charge in [-0.3, -0.25) is 0 Å². The van der Waals surface area contributed by atoms with Crippen LogP contribution in [0.15, 0.2) is 54.7 Å². The molecule has 0 unspecified atom stereocenters. The fourth-order valence-corrected chi connectivity index (χ4v) is 5.37. The average molecular weight is 507 g/mol. The first kappa shape index (κ1) is 24.1. The van der Waals surface area contributed by atoms with Crippen molar-refractivity contribution >= 4 is 22.8 Å². The molecule has 1 saturated carbocycles. The van der Waals surface area contributed by atoms with E-state index in [1.165, 1.54) is 6.42 Å². The number of esters is 1. The van der Waals surface area contributed by atoms with E-state index in [1.807, 2.05) is 53.3 Å². The number of carbonyl (C=O) groups excluding carboxylic acids is 1. The minimum atomic E-state index is -0.452. The highest BCUT2D eigenvalue weighted by Crippen LogP contribution is 2.43. The summed E-state index contributed by atoms with van der Waals surface area (Å²) in [5.41, 5.74) is 4.64. The smallest absolute Gasteiger partial charge is 0.357 e. The first-order chi connectivity index (χ1) is 18.7. The molecule has 3 aromatic heterocycles. The van der Waals surface area contributed by atoms with Crippen molar-refractivity contribution in [2.45, 2.75) is 44.9 Å². The van der Waals surface area contributed by atoms with Gasteiger partial charge in [-0.05, 0) is 68.5 Å². The van der Waals surface area contributed by atoms with Crippen LogP contribution in [-0.2, 0) is 4.74 Å². The van der Waals surface area contributed by atoms with Gasteiger partial charge < -0.3 is 9.64 Å². The van der Waals surface area contributed by atoms with E-state index < -0.39 is 5.97 Å². The molecule has 0 atom stereocenters. The molecule has 0 spiro atoms. The SMILES string of the molecule is CCOC(=O)c1cc(-c2ccc(N3CCC(C#N)CC3)nc2)c2c(C3CCC3)nn(-c3ccccc3)c2n1. The third kappa shape index (κ3) is 4.38. The van der Waals surface area contributed by atoms with Crippen molar-refractivity contribution in [3.8, 4) is 22.9 Å². The molecule has 192 valence electrons. The predicted molar refractivity (Wildman–Crippen MR) is 145 cm³/mol. The van der Waals surface area contributed by atoms with E-state index in [0.29, 0.717) is 11.6 Å². The molecule has 38 heavy (non-hydrogen) atoms. The summed E-state index contributed by atoms with van der Waals surface area (Å²) in [6.07, 6.45) is 6.96. The fraction of sp³-hybridized carbons (Fsp3) is 0.367. The molecular weight excluding hydrogens is 476 g/mol. The van der Waals surface area contributed by atoms with Crippen molar-refractivity contribution in [3.63, 3.8) is 0 Å². The Balaban J connectivity index is 1.48. The molecule has 1 aliphatic carbocycles. The minimum absolute atomic E-state index is 0.128. The molecule has 0 N–H and O–H groups in total. The number of pyridine rings is 2. The zero-order chi connectivity index (χ0) is 26.1. The maximum absolute atomic E-state index is 12.9. The van der Waals surface area contributed by atoms with Gasteiger partial charge >= 0.3 is 5.97 Å². The number of carbonyl (C=O) groups is 1. The van der Waals surface area contributed by atoms with Gasteiger partial charge in [0.15, 0.2) is 11.3 Å². The number of nitriles is 1. The van der Waals surface area contributed by atoms with Crippen molar-refractivity contribution in [2.24, 2.45) is 5.92 Å². The molecule has 6 rings (SSSR count). The fourth-order valence-electron chi connectivity index (χ4n) is 5.37. The third-order valence-corrected chi connectivity index (χ3v) is 7.70. The second kappa shape index (κ2) is 10.3. The molecule has 1 aromatic carbocycles. The highest BCUT2D eigenvalue weighted by atomic mass is 16.5. The standard InChI is InChI=1S/C30H30N6O2/c1-2-38-30(37)25-17-24(22-11-12-26(32-19-22)35-15-13-20(18-31)14-16-35)27-28(21-7-6-8-21)34-36(29(27)33-25)23-9-4-3-5-10-23/h3-5,9-12,17,19-21H,2,6-8,13-16H2,1H3. The maximum Gasteiger partial charge on any atom is 0.357 e. The van der Waals surface area contributed by atoms with Gasteiger partial charge in [-0.2, -0.15) is 10.4 Å². The number of anilines is 1. The number of nitrogens with zero attached hydrogens (tertiary/aromatic N) is 6. The van der Waals surface area contributed by atoms with Crippen molar-refractivity contribution in [1.29, 1.82) is 5.26 Å². The largest absolute Gasteiger partial charge is 0.461 e. The average Bonchev–Trinajstić information content (AvgIpc) is 3.31. The van der Waals surface area contributed by atoms with Crippen molar-refractivity contribution in [1.82, 2.24) is 19.7 Å².